The number of anilines is 1. The van der Waals surface area contributed by atoms with Gasteiger partial charge < -0.3 is 14.8 Å². The van der Waals surface area contributed by atoms with Crippen molar-refractivity contribution in [3.8, 4) is 11.5 Å². The molecule has 112 valence electrons. The number of aromatic nitrogens is 4. The zero-order valence-electron chi connectivity index (χ0n) is 12.1. The van der Waals surface area contributed by atoms with Crippen LogP contribution in [0.4, 0.5) is 5.69 Å². The lowest BCUT2D eigenvalue weighted by atomic mass is 10.1. The second kappa shape index (κ2) is 5.18. The molecule has 7 nitrogen and oxygen atoms in total. The molecule has 1 aliphatic rings. The molecule has 3 heterocycles. The molecule has 0 amide bonds. The molecule has 0 unspecified atom stereocenters. The zero-order chi connectivity index (χ0) is 14.9. The van der Waals surface area contributed by atoms with E-state index >= 15 is 0 Å². The van der Waals surface area contributed by atoms with Crippen LogP contribution in [0.3, 0.4) is 0 Å². The van der Waals surface area contributed by atoms with Gasteiger partial charge in [0.15, 0.2) is 11.5 Å². The Hall–Kier alpha value is -2.83. The minimum atomic E-state index is 0.264. The van der Waals surface area contributed by atoms with Crippen molar-refractivity contribution in [2.24, 2.45) is 0 Å². The summed E-state index contributed by atoms with van der Waals surface area (Å²) in [4.78, 5) is 8.50. The average molecular weight is 297 g/mol. The SMILES string of the molecule is Cc1cc(NCCn2cncn2)c2cc3c(cc2n1)OCO3. The minimum absolute atomic E-state index is 0.264. The van der Waals surface area contributed by atoms with Gasteiger partial charge in [-0.05, 0) is 19.1 Å². The molecule has 1 aromatic carbocycles. The van der Waals surface area contributed by atoms with Gasteiger partial charge in [0.1, 0.15) is 12.7 Å². The van der Waals surface area contributed by atoms with Crippen molar-refractivity contribution in [1.82, 2.24) is 19.7 Å². The molecule has 7 heteroatoms. The molecule has 2 aromatic heterocycles. The third-order valence-electron chi connectivity index (χ3n) is 3.55. The van der Waals surface area contributed by atoms with Gasteiger partial charge >= 0.3 is 0 Å². The van der Waals surface area contributed by atoms with Crippen LogP contribution < -0.4 is 14.8 Å². The number of fused-ring (bicyclic) bond motifs is 2. The fourth-order valence-electron chi connectivity index (χ4n) is 2.55. The van der Waals surface area contributed by atoms with Crippen LogP contribution in [0, 0.1) is 6.92 Å². The highest BCUT2D eigenvalue weighted by atomic mass is 16.7. The molecule has 0 aliphatic carbocycles. The Morgan fingerprint density at radius 2 is 2.09 bits per heavy atom. The number of ether oxygens (including phenoxy) is 2. The van der Waals surface area contributed by atoms with Gasteiger partial charge in [0.25, 0.3) is 0 Å². The number of hydrogen-bond acceptors (Lipinski definition) is 6. The largest absolute Gasteiger partial charge is 0.454 e. The van der Waals surface area contributed by atoms with E-state index in [2.05, 4.69) is 20.4 Å². The van der Waals surface area contributed by atoms with Gasteiger partial charge in [-0.15, -0.1) is 0 Å². The van der Waals surface area contributed by atoms with Gasteiger partial charge in [-0.1, -0.05) is 0 Å². The molecule has 0 fully saturated rings. The predicted molar refractivity (Wildman–Crippen MR) is 81.1 cm³/mol. The van der Waals surface area contributed by atoms with E-state index in [9.17, 15) is 0 Å². The van der Waals surface area contributed by atoms with Gasteiger partial charge in [0.2, 0.25) is 6.79 Å². The number of pyridine rings is 1. The van der Waals surface area contributed by atoms with Gasteiger partial charge in [0.05, 0.1) is 12.1 Å². The topological polar surface area (TPSA) is 74.1 Å². The molecule has 22 heavy (non-hydrogen) atoms. The maximum Gasteiger partial charge on any atom is 0.231 e. The Labute approximate surface area is 126 Å². The first-order valence-electron chi connectivity index (χ1n) is 7.07. The lowest BCUT2D eigenvalue weighted by Crippen LogP contribution is -2.11. The monoisotopic (exact) mass is 297 g/mol. The van der Waals surface area contributed by atoms with E-state index in [1.165, 1.54) is 6.33 Å². The van der Waals surface area contributed by atoms with Crippen LogP contribution in [0.5, 0.6) is 11.5 Å². The van der Waals surface area contributed by atoms with Gasteiger partial charge in [0, 0.05) is 29.4 Å². The quantitative estimate of drug-likeness (QED) is 0.793. The predicted octanol–water partition coefficient (Wildman–Crippen LogP) is 1.98. The van der Waals surface area contributed by atoms with Crippen LogP contribution in [0.25, 0.3) is 10.9 Å². The molecule has 3 aromatic rings. The summed E-state index contributed by atoms with van der Waals surface area (Å²) in [5.74, 6) is 1.51. The lowest BCUT2D eigenvalue weighted by Gasteiger charge is -2.11. The van der Waals surface area contributed by atoms with Crippen LogP contribution in [0.1, 0.15) is 5.69 Å². The first-order valence-corrected chi connectivity index (χ1v) is 7.07. The van der Waals surface area contributed by atoms with Crippen molar-refractivity contribution >= 4 is 16.6 Å². The first kappa shape index (κ1) is 12.9. The van der Waals surface area contributed by atoms with Crippen LogP contribution in [0.2, 0.25) is 0 Å². The van der Waals surface area contributed by atoms with Crippen LogP contribution in [-0.4, -0.2) is 33.1 Å². The Bertz CT molecular complexity index is 816. The van der Waals surface area contributed by atoms with Gasteiger partial charge in [-0.3, -0.25) is 9.67 Å². The number of aryl methyl sites for hydroxylation is 1. The fourth-order valence-corrected chi connectivity index (χ4v) is 2.55. The highest BCUT2D eigenvalue weighted by molar-refractivity contribution is 5.94. The third kappa shape index (κ3) is 2.30. The number of nitrogens with one attached hydrogen (secondary N) is 1. The van der Waals surface area contributed by atoms with E-state index < -0.39 is 0 Å². The lowest BCUT2D eigenvalue weighted by molar-refractivity contribution is 0.174. The van der Waals surface area contributed by atoms with Crippen molar-refractivity contribution in [3.05, 3.63) is 36.5 Å². The molecule has 4 rings (SSSR count). The summed E-state index contributed by atoms with van der Waals surface area (Å²) in [6.07, 6.45) is 3.24. The molecule has 0 spiro atoms. The summed E-state index contributed by atoms with van der Waals surface area (Å²) < 4.78 is 12.7. The highest BCUT2D eigenvalue weighted by Gasteiger charge is 2.16. The molecule has 0 bridgehead atoms. The summed E-state index contributed by atoms with van der Waals surface area (Å²) in [6, 6.07) is 5.93. The smallest absolute Gasteiger partial charge is 0.231 e. The summed E-state index contributed by atoms with van der Waals surface area (Å²) >= 11 is 0. The van der Waals surface area contributed by atoms with Crippen LogP contribution >= 0.6 is 0 Å². The van der Waals surface area contributed by atoms with Crippen molar-refractivity contribution < 1.29 is 9.47 Å². The third-order valence-corrected chi connectivity index (χ3v) is 3.55. The molecular weight excluding hydrogens is 282 g/mol. The van der Waals surface area contributed by atoms with Gasteiger partial charge in [-0.2, -0.15) is 5.10 Å². The highest BCUT2D eigenvalue weighted by Crippen LogP contribution is 2.37. The molecule has 0 saturated heterocycles. The maximum absolute atomic E-state index is 5.46. The summed E-state index contributed by atoms with van der Waals surface area (Å²) in [6.45, 7) is 3.73. The van der Waals surface area contributed by atoms with E-state index in [0.717, 1.165) is 46.9 Å². The Morgan fingerprint density at radius 3 is 2.91 bits per heavy atom. The molecule has 0 saturated carbocycles. The first-order chi connectivity index (χ1) is 10.8. The molecule has 0 radical (unpaired) electrons. The van der Waals surface area contributed by atoms with Gasteiger partial charge in [-0.25, -0.2) is 4.98 Å². The summed E-state index contributed by atoms with van der Waals surface area (Å²) in [5.41, 5.74) is 2.88. The average Bonchev–Trinajstić information content (AvgIpc) is 3.15. The number of hydrogen-bond donors (Lipinski definition) is 1. The van der Waals surface area contributed by atoms with Crippen LogP contribution in [-0.2, 0) is 6.54 Å². The maximum atomic E-state index is 5.46. The number of rotatable bonds is 4. The standard InChI is InChI=1S/C15H15N5O2/c1-10-4-12(17-2-3-20-8-16-7-18-20)11-5-14-15(22-9-21-14)6-13(11)19-10/h4-8H,2-3,9H2,1H3,(H,17,19). The van der Waals surface area contributed by atoms with E-state index in [1.807, 2.05) is 25.1 Å². The van der Waals surface area contributed by atoms with Crippen molar-refractivity contribution in [3.63, 3.8) is 0 Å². The molecular formula is C15H15N5O2. The van der Waals surface area contributed by atoms with E-state index in [1.54, 1.807) is 11.0 Å². The van der Waals surface area contributed by atoms with Crippen molar-refractivity contribution in [2.75, 3.05) is 18.7 Å². The fraction of sp³-hybridized carbons (Fsp3) is 0.267. The summed E-state index contributed by atoms with van der Waals surface area (Å²) in [7, 11) is 0. The summed E-state index contributed by atoms with van der Waals surface area (Å²) in [5, 5.41) is 8.55. The second-order valence-corrected chi connectivity index (χ2v) is 5.12. The Morgan fingerprint density at radius 1 is 1.23 bits per heavy atom. The van der Waals surface area contributed by atoms with Crippen molar-refractivity contribution in [1.29, 1.82) is 0 Å². The number of nitrogens with zero attached hydrogens (tertiary/aromatic N) is 4. The normalized spacial score (nSPS) is 12.8. The van der Waals surface area contributed by atoms with Crippen LogP contribution in [0.15, 0.2) is 30.9 Å². The Kier molecular flexibility index (Phi) is 3.03. The van der Waals surface area contributed by atoms with E-state index in [4.69, 9.17) is 9.47 Å². The van der Waals surface area contributed by atoms with Crippen molar-refractivity contribution in [2.45, 2.75) is 13.5 Å². The van der Waals surface area contributed by atoms with E-state index in [-0.39, 0.29) is 6.79 Å². The minimum Gasteiger partial charge on any atom is -0.454 e. The molecule has 1 N–H and O–H groups in total. The number of benzene rings is 1. The zero-order valence-corrected chi connectivity index (χ0v) is 12.1. The van der Waals surface area contributed by atoms with E-state index in [0.29, 0.717) is 0 Å². The molecule has 1 aliphatic heterocycles. The second-order valence-electron chi connectivity index (χ2n) is 5.12. The Balaban J connectivity index is 1.64. The molecule has 0 atom stereocenters.